The Labute approximate surface area is 249 Å². The molecular weight excluding hydrogens is 573 g/mol. The van der Waals surface area contributed by atoms with Crippen LogP contribution in [0.1, 0.15) is 40.2 Å². The lowest BCUT2D eigenvalue weighted by molar-refractivity contribution is -0.113. The second-order valence-electron chi connectivity index (χ2n) is 10.0. The largest absolute Gasteiger partial charge is 0.345 e. The minimum atomic E-state index is -3.55. The highest BCUT2D eigenvalue weighted by molar-refractivity contribution is 7.99. The van der Waals surface area contributed by atoms with E-state index in [0.29, 0.717) is 29.6 Å². The first-order chi connectivity index (χ1) is 20.2. The van der Waals surface area contributed by atoms with Crippen molar-refractivity contribution in [3.63, 3.8) is 0 Å². The predicted octanol–water partition coefficient (Wildman–Crippen LogP) is 4.33. The zero-order chi connectivity index (χ0) is 29.7. The minimum Gasteiger partial charge on any atom is -0.345 e. The van der Waals surface area contributed by atoms with Crippen molar-refractivity contribution in [2.24, 2.45) is 0 Å². The number of rotatable bonds is 10. The third-order valence-electron chi connectivity index (χ3n) is 6.94. The third-order valence-corrected chi connectivity index (χ3v) is 9.78. The number of nitrogens with one attached hydrogen (secondary N) is 2. The summed E-state index contributed by atoms with van der Waals surface area (Å²) in [5.74, 6) is 0.0728. The van der Waals surface area contributed by atoms with Gasteiger partial charge in [-0.2, -0.15) is 4.31 Å². The van der Waals surface area contributed by atoms with Crippen LogP contribution >= 0.6 is 11.8 Å². The second-order valence-corrected chi connectivity index (χ2v) is 12.9. The van der Waals surface area contributed by atoms with Gasteiger partial charge < -0.3 is 10.6 Å². The number of hydrogen-bond donors (Lipinski definition) is 2. The van der Waals surface area contributed by atoms with Gasteiger partial charge in [-0.25, -0.2) is 8.42 Å². The Morgan fingerprint density at radius 3 is 2.36 bits per heavy atom. The molecule has 42 heavy (non-hydrogen) atoms. The van der Waals surface area contributed by atoms with Crippen molar-refractivity contribution < 1.29 is 18.0 Å². The Hall–Kier alpha value is -4.00. The molecule has 1 fully saturated rings. The number of sulfonamides is 1. The van der Waals surface area contributed by atoms with Crippen LogP contribution in [0.2, 0.25) is 0 Å². The SMILES string of the molecule is Cc1ccc(C)c(NC(=O)CSc2nnc(CNC(=O)c3ccc(S(=O)(=O)N4CCCC4)cc3)n2-c2ccccc2)c1. The van der Waals surface area contributed by atoms with Crippen molar-refractivity contribution in [3.8, 4) is 5.69 Å². The van der Waals surface area contributed by atoms with E-state index in [1.54, 1.807) is 0 Å². The van der Waals surface area contributed by atoms with E-state index >= 15 is 0 Å². The molecule has 2 amide bonds. The van der Waals surface area contributed by atoms with Crippen molar-refractivity contribution >= 4 is 39.3 Å². The number of nitrogens with zero attached hydrogens (tertiary/aromatic N) is 4. The predicted molar refractivity (Wildman–Crippen MR) is 162 cm³/mol. The number of thioether (sulfide) groups is 1. The zero-order valence-corrected chi connectivity index (χ0v) is 25.0. The van der Waals surface area contributed by atoms with Gasteiger partial charge in [-0.3, -0.25) is 14.2 Å². The van der Waals surface area contributed by atoms with Crippen LogP contribution in [0.3, 0.4) is 0 Å². The molecule has 1 aliphatic rings. The summed E-state index contributed by atoms with van der Waals surface area (Å²) in [7, 11) is -3.55. The summed E-state index contributed by atoms with van der Waals surface area (Å²) in [4.78, 5) is 25.9. The molecule has 218 valence electrons. The molecule has 1 aliphatic heterocycles. The standard InChI is InChI=1S/C30H32N6O4S2/c1-21-10-11-22(2)26(18-21)32-28(37)20-41-30-34-33-27(36(30)24-8-4-3-5-9-24)19-31-29(38)23-12-14-25(15-13-23)42(39,40)35-16-6-7-17-35/h3-5,8-15,18H,6-7,16-17,19-20H2,1-2H3,(H,31,38)(H,32,37). The van der Waals surface area contributed by atoms with E-state index in [-0.39, 0.29) is 29.0 Å². The molecule has 0 bridgehead atoms. The molecule has 0 radical (unpaired) electrons. The van der Waals surface area contributed by atoms with Crippen molar-refractivity contribution in [2.45, 2.75) is 43.3 Å². The summed E-state index contributed by atoms with van der Waals surface area (Å²) >= 11 is 1.25. The number of carbonyl (C=O) groups is 2. The maximum absolute atomic E-state index is 12.9. The van der Waals surface area contributed by atoms with Gasteiger partial charge in [-0.15, -0.1) is 10.2 Å². The van der Waals surface area contributed by atoms with Gasteiger partial charge in [0.05, 0.1) is 17.2 Å². The highest BCUT2D eigenvalue weighted by Crippen LogP contribution is 2.24. The lowest BCUT2D eigenvalue weighted by atomic mass is 10.1. The highest BCUT2D eigenvalue weighted by atomic mass is 32.2. The fourth-order valence-corrected chi connectivity index (χ4v) is 6.94. The fraction of sp³-hybridized carbons (Fsp3) is 0.267. The molecule has 1 saturated heterocycles. The molecule has 0 atom stereocenters. The number of anilines is 1. The average molecular weight is 605 g/mol. The number of aryl methyl sites for hydroxylation is 2. The van der Waals surface area contributed by atoms with Crippen LogP contribution in [0.25, 0.3) is 5.69 Å². The van der Waals surface area contributed by atoms with Gasteiger partial charge in [0.1, 0.15) is 0 Å². The average Bonchev–Trinajstić information content (AvgIpc) is 3.68. The maximum Gasteiger partial charge on any atom is 0.251 e. The Morgan fingerprint density at radius 1 is 0.929 bits per heavy atom. The Morgan fingerprint density at radius 2 is 1.64 bits per heavy atom. The zero-order valence-electron chi connectivity index (χ0n) is 23.4. The monoisotopic (exact) mass is 604 g/mol. The van der Waals surface area contributed by atoms with Crippen LogP contribution < -0.4 is 10.6 Å². The number of hydrogen-bond acceptors (Lipinski definition) is 7. The van der Waals surface area contributed by atoms with Crippen molar-refractivity contribution in [1.82, 2.24) is 24.4 Å². The first-order valence-corrected chi connectivity index (χ1v) is 16.0. The van der Waals surface area contributed by atoms with Crippen molar-refractivity contribution in [3.05, 3.63) is 95.3 Å². The topological polar surface area (TPSA) is 126 Å². The molecule has 1 aromatic heterocycles. The van der Waals surface area contributed by atoms with Crippen LogP contribution in [0.15, 0.2) is 82.8 Å². The normalized spacial score (nSPS) is 13.7. The van der Waals surface area contributed by atoms with E-state index in [2.05, 4.69) is 20.8 Å². The highest BCUT2D eigenvalue weighted by Gasteiger charge is 2.27. The van der Waals surface area contributed by atoms with Gasteiger partial charge in [-0.05, 0) is 80.3 Å². The van der Waals surface area contributed by atoms with Crippen LogP contribution in [0.4, 0.5) is 5.69 Å². The Kier molecular flexibility index (Phi) is 9.05. The summed E-state index contributed by atoms with van der Waals surface area (Å²) in [5, 5.41) is 14.9. The maximum atomic E-state index is 12.9. The summed E-state index contributed by atoms with van der Waals surface area (Å²) in [5.41, 5.74) is 3.93. The summed E-state index contributed by atoms with van der Waals surface area (Å²) in [6.45, 7) is 5.03. The number of benzene rings is 3. The van der Waals surface area contributed by atoms with Gasteiger partial charge in [-0.1, -0.05) is 42.1 Å². The molecule has 2 N–H and O–H groups in total. The molecular formula is C30H32N6O4S2. The summed E-state index contributed by atoms with van der Waals surface area (Å²) < 4.78 is 28.9. The number of aromatic nitrogens is 3. The van der Waals surface area contributed by atoms with Gasteiger partial charge >= 0.3 is 0 Å². The van der Waals surface area contributed by atoms with E-state index in [9.17, 15) is 18.0 Å². The molecule has 0 saturated carbocycles. The minimum absolute atomic E-state index is 0.0732. The van der Waals surface area contributed by atoms with Crippen LogP contribution in [0.5, 0.6) is 0 Å². The van der Waals surface area contributed by atoms with Gasteiger partial charge in [0.15, 0.2) is 11.0 Å². The van der Waals surface area contributed by atoms with Gasteiger partial charge in [0.2, 0.25) is 15.9 Å². The Balaban J connectivity index is 1.27. The summed E-state index contributed by atoms with van der Waals surface area (Å²) in [6.07, 6.45) is 1.71. The van der Waals surface area contributed by atoms with Gasteiger partial charge in [0, 0.05) is 30.0 Å². The smallest absolute Gasteiger partial charge is 0.251 e. The molecule has 10 nitrogen and oxygen atoms in total. The number of amides is 2. The molecule has 12 heteroatoms. The van der Waals surface area contributed by atoms with Gasteiger partial charge in [0.25, 0.3) is 5.91 Å². The van der Waals surface area contributed by atoms with E-state index < -0.39 is 10.0 Å². The fourth-order valence-electron chi connectivity index (χ4n) is 4.65. The lowest BCUT2D eigenvalue weighted by Crippen LogP contribution is -2.28. The molecule has 2 heterocycles. The van der Waals surface area contributed by atoms with Crippen LogP contribution in [-0.2, 0) is 21.4 Å². The molecule has 3 aromatic carbocycles. The van der Waals surface area contributed by atoms with Crippen LogP contribution in [0, 0.1) is 13.8 Å². The molecule has 4 aromatic rings. The van der Waals surface area contributed by atoms with E-state index in [4.69, 9.17) is 0 Å². The van der Waals surface area contributed by atoms with Crippen LogP contribution in [-0.4, -0.2) is 58.1 Å². The Bertz CT molecular complexity index is 1680. The quantitative estimate of drug-likeness (QED) is 0.258. The van der Waals surface area contributed by atoms with Crippen molar-refractivity contribution in [2.75, 3.05) is 24.2 Å². The number of para-hydroxylation sites is 1. The first kappa shape index (κ1) is 29.5. The van der Waals surface area contributed by atoms with Crippen molar-refractivity contribution in [1.29, 1.82) is 0 Å². The molecule has 5 rings (SSSR count). The van der Waals surface area contributed by atoms with E-state index in [1.807, 2.05) is 66.9 Å². The first-order valence-electron chi connectivity index (χ1n) is 13.6. The summed E-state index contributed by atoms with van der Waals surface area (Å²) in [6, 6.07) is 21.3. The second kappa shape index (κ2) is 12.9. The number of carbonyl (C=O) groups excluding carboxylic acids is 2. The molecule has 0 aliphatic carbocycles. The van der Waals surface area contributed by atoms with E-state index in [1.165, 1.54) is 40.3 Å². The molecule has 0 unspecified atom stereocenters. The molecule has 0 spiro atoms. The van der Waals surface area contributed by atoms with E-state index in [0.717, 1.165) is 35.3 Å². The third kappa shape index (κ3) is 6.72. The lowest BCUT2D eigenvalue weighted by Gasteiger charge is -2.15.